The van der Waals surface area contributed by atoms with Gasteiger partial charge in [0.25, 0.3) is 0 Å². The molecule has 2 aromatic heterocycles. The van der Waals surface area contributed by atoms with Crippen LogP contribution in [-0.4, -0.2) is 43.9 Å². The van der Waals surface area contributed by atoms with Crippen LogP contribution in [0.5, 0.6) is 0 Å². The normalized spacial score (nSPS) is 16.1. The molecule has 6 heteroatoms. The van der Waals surface area contributed by atoms with Gasteiger partial charge in [-0.2, -0.15) is 0 Å². The fourth-order valence-electron chi connectivity index (χ4n) is 3.17. The van der Waals surface area contributed by atoms with Crippen LogP contribution < -0.4 is 0 Å². The van der Waals surface area contributed by atoms with Crippen LogP contribution in [0.25, 0.3) is 0 Å². The molecule has 1 aliphatic rings. The largest absolute Gasteiger partial charge is 0.340 e. The van der Waals surface area contributed by atoms with Crippen LogP contribution in [0.4, 0.5) is 0 Å². The first-order chi connectivity index (χ1) is 11.9. The van der Waals surface area contributed by atoms with Crippen LogP contribution in [0.1, 0.15) is 44.1 Å². The van der Waals surface area contributed by atoms with E-state index in [4.69, 9.17) is 0 Å². The summed E-state index contributed by atoms with van der Waals surface area (Å²) in [6, 6.07) is 3.89. The number of hydrogen-bond acceptors (Lipinski definition) is 4. The zero-order valence-corrected chi connectivity index (χ0v) is 15.6. The SMILES string of the molecule is Cc1cccnc1CC(=O)N1CC(C)(c2cn(CCC(C)C)nn2)C1. The molecule has 1 saturated heterocycles. The smallest absolute Gasteiger partial charge is 0.228 e. The number of nitrogens with zero attached hydrogens (tertiary/aromatic N) is 5. The lowest BCUT2D eigenvalue weighted by atomic mass is 9.79. The fourth-order valence-corrected chi connectivity index (χ4v) is 3.17. The van der Waals surface area contributed by atoms with Crippen molar-refractivity contribution in [3.05, 3.63) is 41.5 Å². The molecule has 0 radical (unpaired) electrons. The molecule has 1 aliphatic heterocycles. The van der Waals surface area contributed by atoms with E-state index in [1.165, 1.54) is 0 Å². The highest BCUT2D eigenvalue weighted by Crippen LogP contribution is 2.33. The summed E-state index contributed by atoms with van der Waals surface area (Å²) in [4.78, 5) is 18.7. The molecule has 0 saturated carbocycles. The zero-order valence-electron chi connectivity index (χ0n) is 15.6. The Labute approximate surface area is 149 Å². The number of aromatic nitrogens is 4. The topological polar surface area (TPSA) is 63.9 Å². The van der Waals surface area contributed by atoms with Crippen molar-refractivity contribution in [1.29, 1.82) is 0 Å². The Kier molecular flexibility index (Phi) is 4.88. The Bertz CT molecular complexity index is 746. The lowest BCUT2D eigenvalue weighted by Gasteiger charge is -2.46. The number of likely N-dealkylation sites (tertiary alicyclic amines) is 1. The quantitative estimate of drug-likeness (QED) is 0.809. The number of rotatable bonds is 6. The van der Waals surface area contributed by atoms with E-state index >= 15 is 0 Å². The van der Waals surface area contributed by atoms with Gasteiger partial charge in [0.2, 0.25) is 5.91 Å². The molecule has 0 bridgehead atoms. The van der Waals surface area contributed by atoms with E-state index in [1.54, 1.807) is 6.20 Å². The lowest BCUT2D eigenvalue weighted by molar-refractivity contribution is -0.137. The van der Waals surface area contributed by atoms with Gasteiger partial charge in [0.1, 0.15) is 0 Å². The molecule has 0 aromatic carbocycles. The molecular formula is C19H27N5O. The highest BCUT2D eigenvalue weighted by molar-refractivity contribution is 5.80. The minimum Gasteiger partial charge on any atom is -0.340 e. The second kappa shape index (κ2) is 6.94. The molecule has 3 heterocycles. The van der Waals surface area contributed by atoms with Crippen LogP contribution in [0.3, 0.4) is 0 Å². The highest BCUT2D eigenvalue weighted by Gasteiger charge is 2.44. The average molecular weight is 341 g/mol. The van der Waals surface area contributed by atoms with E-state index in [1.807, 2.05) is 34.8 Å². The maximum absolute atomic E-state index is 12.5. The number of aryl methyl sites for hydroxylation is 2. The van der Waals surface area contributed by atoms with Gasteiger partial charge in [0.05, 0.1) is 17.8 Å². The minimum absolute atomic E-state index is 0.0924. The summed E-state index contributed by atoms with van der Waals surface area (Å²) < 4.78 is 1.92. The van der Waals surface area contributed by atoms with Crippen molar-refractivity contribution in [2.45, 2.75) is 52.5 Å². The highest BCUT2D eigenvalue weighted by atomic mass is 16.2. The Morgan fingerprint density at radius 2 is 2.12 bits per heavy atom. The third kappa shape index (κ3) is 3.89. The summed E-state index contributed by atoms with van der Waals surface area (Å²) in [7, 11) is 0. The van der Waals surface area contributed by atoms with Crippen LogP contribution in [-0.2, 0) is 23.2 Å². The van der Waals surface area contributed by atoms with Crippen molar-refractivity contribution in [3.8, 4) is 0 Å². The van der Waals surface area contributed by atoms with E-state index < -0.39 is 0 Å². The van der Waals surface area contributed by atoms with Gasteiger partial charge in [-0.3, -0.25) is 14.5 Å². The molecule has 0 atom stereocenters. The molecule has 2 aromatic rings. The summed E-state index contributed by atoms with van der Waals surface area (Å²) in [5.41, 5.74) is 2.81. The van der Waals surface area contributed by atoms with Gasteiger partial charge >= 0.3 is 0 Å². The summed E-state index contributed by atoms with van der Waals surface area (Å²) >= 11 is 0. The predicted molar refractivity (Wildman–Crippen MR) is 96.1 cm³/mol. The maximum Gasteiger partial charge on any atom is 0.228 e. The summed E-state index contributed by atoms with van der Waals surface area (Å²) in [6.45, 7) is 10.8. The van der Waals surface area contributed by atoms with Crippen LogP contribution in [0, 0.1) is 12.8 Å². The van der Waals surface area contributed by atoms with Gasteiger partial charge in [-0.1, -0.05) is 32.1 Å². The van der Waals surface area contributed by atoms with Gasteiger partial charge in [-0.25, -0.2) is 0 Å². The number of hydrogen-bond donors (Lipinski definition) is 0. The molecular weight excluding hydrogens is 314 g/mol. The second-order valence-electron chi connectivity index (χ2n) is 7.80. The molecule has 0 N–H and O–H groups in total. The van der Waals surface area contributed by atoms with Gasteiger partial charge in [0, 0.05) is 37.4 Å². The average Bonchev–Trinajstić information content (AvgIpc) is 3.01. The summed E-state index contributed by atoms with van der Waals surface area (Å²) in [5.74, 6) is 0.779. The molecule has 0 unspecified atom stereocenters. The van der Waals surface area contributed by atoms with Crippen molar-refractivity contribution in [2.75, 3.05) is 13.1 Å². The van der Waals surface area contributed by atoms with E-state index in [2.05, 4.69) is 36.1 Å². The predicted octanol–water partition coefficient (Wildman–Crippen LogP) is 2.37. The van der Waals surface area contributed by atoms with Gasteiger partial charge in [0.15, 0.2) is 0 Å². The van der Waals surface area contributed by atoms with E-state index in [0.717, 1.165) is 29.9 Å². The molecule has 25 heavy (non-hydrogen) atoms. The van der Waals surface area contributed by atoms with Gasteiger partial charge in [-0.05, 0) is 30.9 Å². The Morgan fingerprint density at radius 3 is 2.80 bits per heavy atom. The number of carbonyl (C=O) groups is 1. The first-order valence-corrected chi connectivity index (χ1v) is 8.96. The van der Waals surface area contributed by atoms with Crippen molar-refractivity contribution >= 4 is 5.91 Å². The van der Waals surface area contributed by atoms with Crippen LogP contribution in [0.2, 0.25) is 0 Å². The van der Waals surface area contributed by atoms with Crippen LogP contribution in [0.15, 0.2) is 24.5 Å². The first-order valence-electron chi connectivity index (χ1n) is 8.96. The summed E-state index contributed by atoms with van der Waals surface area (Å²) in [5, 5.41) is 8.58. The zero-order chi connectivity index (χ0) is 18.0. The Morgan fingerprint density at radius 1 is 1.36 bits per heavy atom. The van der Waals surface area contributed by atoms with Crippen molar-refractivity contribution in [1.82, 2.24) is 24.9 Å². The number of amides is 1. The maximum atomic E-state index is 12.5. The van der Waals surface area contributed by atoms with E-state index in [9.17, 15) is 4.79 Å². The second-order valence-corrected chi connectivity index (χ2v) is 7.80. The monoisotopic (exact) mass is 341 g/mol. The third-order valence-electron chi connectivity index (χ3n) is 4.96. The minimum atomic E-state index is -0.0924. The Hall–Kier alpha value is -2.24. The van der Waals surface area contributed by atoms with E-state index in [-0.39, 0.29) is 11.3 Å². The lowest BCUT2D eigenvalue weighted by Crippen LogP contribution is -2.60. The molecule has 1 amide bonds. The molecule has 0 aliphatic carbocycles. The standard InChI is InChI=1S/C19H27N5O/c1-14(2)7-9-24-11-17(21-22-24)19(4)12-23(13-19)18(25)10-16-15(3)6-5-8-20-16/h5-6,8,11,14H,7,9-10,12-13H2,1-4H3. The van der Waals surface area contributed by atoms with Gasteiger partial charge in [-0.15, -0.1) is 5.10 Å². The summed E-state index contributed by atoms with van der Waals surface area (Å²) in [6.07, 6.45) is 5.23. The third-order valence-corrected chi connectivity index (χ3v) is 4.96. The molecule has 134 valence electrons. The van der Waals surface area contributed by atoms with Crippen LogP contribution >= 0.6 is 0 Å². The number of carbonyl (C=O) groups excluding carboxylic acids is 1. The fraction of sp³-hybridized carbons (Fsp3) is 0.579. The number of pyridine rings is 1. The van der Waals surface area contributed by atoms with Gasteiger partial charge < -0.3 is 4.90 Å². The Balaban J connectivity index is 1.57. The van der Waals surface area contributed by atoms with Crippen molar-refractivity contribution < 1.29 is 4.79 Å². The van der Waals surface area contributed by atoms with Crippen molar-refractivity contribution in [3.63, 3.8) is 0 Å². The molecule has 6 nitrogen and oxygen atoms in total. The molecule has 1 fully saturated rings. The van der Waals surface area contributed by atoms with E-state index in [0.29, 0.717) is 25.4 Å². The first kappa shape index (κ1) is 17.6. The molecule has 0 spiro atoms. The molecule has 3 rings (SSSR count). The van der Waals surface area contributed by atoms with Crippen molar-refractivity contribution in [2.24, 2.45) is 5.92 Å².